The second-order valence-corrected chi connectivity index (χ2v) is 5.39. The molecule has 0 aliphatic heterocycles. The second-order valence-electron chi connectivity index (χ2n) is 5.02. The minimum absolute atomic E-state index is 0.0227. The fourth-order valence-corrected chi connectivity index (χ4v) is 2.01. The standard InChI is InChI=1S/C14H14N4O3S/c19-11(16-10-5-6-10)7-15-12(20)8-1-3-9(4-2-8)13-17-18-14(22)21-13/h1-4,10H,5-7H2,(H,15,20)(H,16,19)(H,18,22). The molecule has 8 heteroatoms. The quantitative estimate of drug-likeness (QED) is 0.724. The number of rotatable bonds is 5. The van der Waals surface area contributed by atoms with Crippen molar-refractivity contribution in [3.8, 4) is 11.5 Å². The average Bonchev–Trinajstić information content (AvgIpc) is 3.23. The predicted octanol–water partition coefficient (Wildman–Crippen LogP) is 1.41. The molecule has 1 fully saturated rings. The topological polar surface area (TPSA) is 100 Å². The molecule has 1 saturated carbocycles. The van der Waals surface area contributed by atoms with Crippen LogP contribution in [0, 0.1) is 4.84 Å². The molecule has 7 nitrogen and oxygen atoms in total. The molecule has 2 aromatic rings. The van der Waals surface area contributed by atoms with Crippen LogP contribution in [-0.2, 0) is 4.79 Å². The molecule has 0 radical (unpaired) electrons. The first-order valence-corrected chi connectivity index (χ1v) is 7.26. The number of aromatic nitrogens is 2. The van der Waals surface area contributed by atoms with Crippen molar-refractivity contribution >= 4 is 24.0 Å². The molecule has 3 N–H and O–H groups in total. The summed E-state index contributed by atoms with van der Waals surface area (Å²) in [7, 11) is 0. The Labute approximate surface area is 131 Å². The molecule has 0 spiro atoms. The van der Waals surface area contributed by atoms with Crippen LogP contribution in [0.3, 0.4) is 0 Å². The number of benzene rings is 1. The molecule has 3 rings (SSSR count). The van der Waals surface area contributed by atoms with Gasteiger partial charge in [-0.05, 0) is 49.3 Å². The van der Waals surface area contributed by atoms with E-state index in [1.165, 1.54) is 0 Å². The molecule has 0 atom stereocenters. The van der Waals surface area contributed by atoms with Gasteiger partial charge in [-0.3, -0.25) is 9.59 Å². The largest absolute Gasteiger partial charge is 0.409 e. The van der Waals surface area contributed by atoms with Crippen LogP contribution in [0.4, 0.5) is 0 Å². The zero-order valence-corrected chi connectivity index (χ0v) is 12.4. The summed E-state index contributed by atoms with van der Waals surface area (Å²) in [5.74, 6) is -0.109. The summed E-state index contributed by atoms with van der Waals surface area (Å²) in [6, 6.07) is 6.96. The zero-order chi connectivity index (χ0) is 15.5. The summed E-state index contributed by atoms with van der Waals surface area (Å²) < 4.78 is 5.19. The van der Waals surface area contributed by atoms with Crippen molar-refractivity contribution in [2.45, 2.75) is 18.9 Å². The summed E-state index contributed by atoms with van der Waals surface area (Å²) in [5, 5.41) is 11.8. The molecule has 1 aromatic carbocycles. The smallest absolute Gasteiger partial charge is 0.284 e. The van der Waals surface area contributed by atoms with Crippen LogP contribution in [0.25, 0.3) is 11.5 Å². The van der Waals surface area contributed by atoms with Crippen molar-refractivity contribution in [2.24, 2.45) is 0 Å². The molecule has 0 bridgehead atoms. The number of nitrogens with zero attached hydrogens (tertiary/aromatic N) is 1. The third kappa shape index (κ3) is 3.59. The third-order valence-electron chi connectivity index (χ3n) is 3.18. The van der Waals surface area contributed by atoms with Crippen LogP contribution in [0.15, 0.2) is 28.7 Å². The maximum absolute atomic E-state index is 11.9. The van der Waals surface area contributed by atoms with E-state index >= 15 is 0 Å². The number of hydrogen-bond acceptors (Lipinski definition) is 5. The van der Waals surface area contributed by atoms with E-state index in [9.17, 15) is 9.59 Å². The summed E-state index contributed by atoms with van der Waals surface area (Å²) in [4.78, 5) is 23.7. The number of hydrogen-bond donors (Lipinski definition) is 3. The van der Waals surface area contributed by atoms with Crippen LogP contribution in [0.5, 0.6) is 0 Å². The van der Waals surface area contributed by atoms with Crippen LogP contribution in [0.2, 0.25) is 0 Å². The van der Waals surface area contributed by atoms with E-state index in [2.05, 4.69) is 20.8 Å². The summed E-state index contributed by atoms with van der Waals surface area (Å²) in [5.41, 5.74) is 1.16. The minimum Gasteiger partial charge on any atom is -0.409 e. The summed E-state index contributed by atoms with van der Waals surface area (Å²) in [6.45, 7) is -0.0227. The molecule has 0 saturated heterocycles. The van der Waals surface area contributed by atoms with Gasteiger partial charge in [0.05, 0.1) is 6.54 Å². The lowest BCUT2D eigenvalue weighted by molar-refractivity contribution is -0.120. The molecular formula is C14H14N4O3S. The molecule has 1 heterocycles. The number of carbonyl (C=O) groups is 2. The van der Waals surface area contributed by atoms with E-state index < -0.39 is 0 Å². The van der Waals surface area contributed by atoms with Gasteiger partial charge in [0.25, 0.3) is 10.7 Å². The Balaban J connectivity index is 1.58. The van der Waals surface area contributed by atoms with Crippen molar-refractivity contribution in [3.63, 3.8) is 0 Å². The van der Waals surface area contributed by atoms with E-state index in [-0.39, 0.29) is 29.2 Å². The lowest BCUT2D eigenvalue weighted by atomic mass is 10.1. The summed E-state index contributed by atoms with van der Waals surface area (Å²) in [6.07, 6.45) is 2.04. The first-order valence-electron chi connectivity index (χ1n) is 6.85. The van der Waals surface area contributed by atoms with Crippen LogP contribution >= 0.6 is 12.2 Å². The molecular weight excluding hydrogens is 304 g/mol. The Hall–Kier alpha value is -2.48. The molecule has 1 aromatic heterocycles. The highest BCUT2D eigenvalue weighted by molar-refractivity contribution is 7.71. The Bertz CT molecular complexity index is 746. The Morgan fingerprint density at radius 2 is 2.05 bits per heavy atom. The van der Waals surface area contributed by atoms with Crippen LogP contribution < -0.4 is 10.6 Å². The van der Waals surface area contributed by atoms with Gasteiger partial charge in [0.2, 0.25) is 11.8 Å². The third-order valence-corrected chi connectivity index (χ3v) is 3.36. The maximum Gasteiger partial charge on any atom is 0.284 e. The van der Waals surface area contributed by atoms with Crippen molar-refractivity contribution in [1.82, 2.24) is 20.8 Å². The average molecular weight is 318 g/mol. The van der Waals surface area contributed by atoms with Crippen molar-refractivity contribution in [1.29, 1.82) is 0 Å². The highest BCUT2D eigenvalue weighted by Gasteiger charge is 2.23. The molecule has 1 aliphatic carbocycles. The Kier molecular flexibility index (Phi) is 4.01. The zero-order valence-electron chi connectivity index (χ0n) is 11.6. The van der Waals surface area contributed by atoms with Gasteiger partial charge in [0.15, 0.2) is 0 Å². The number of amides is 2. The minimum atomic E-state index is -0.305. The first-order chi connectivity index (χ1) is 10.6. The first kappa shape index (κ1) is 14.5. The van der Waals surface area contributed by atoms with Crippen LogP contribution in [0.1, 0.15) is 23.2 Å². The number of nitrogens with one attached hydrogen (secondary N) is 3. The van der Waals surface area contributed by atoms with E-state index in [4.69, 9.17) is 16.6 Å². The van der Waals surface area contributed by atoms with E-state index in [0.717, 1.165) is 12.8 Å². The molecule has 1 aliphatic rings. The van der Waals surface area contributed by atoms with Gasteiger partial charge >= 0.3 is 0 Å². The van der Waals surface area contributed by atoms with Gasteiger partial charge in [0, 0.05) is 17.2 Å². The lowest BCUT2D eigenvalue weighted by Gasteiger charge is -2.06. The fraction of sp³-hybridized carbons (Fsp3) is 0.286. The molecule has 0 unspecified atom stereocenters. The number of carbonyl (C=O) groups excluding carboxylic acids is 2. The second kappa shape index (κ2) is 6.10. The van der Waals surface area contributed by atoms with Gasteiger partial charge in [-0.15, -0.1) is 5.10 Å². The van der Waals surface area contributed by atoms with Crippen molar-refractivity contribution in [2.75, 3.05) is 6.54 Å². The number of aromatic amines is 1. The summed E-state index contributed by atoms with van der Waals surface area (Å²) >= 11 is 4.81. The monoisotopic (exact) mass is 318 g/mol. The van der Waals surface area contributed by atoms with Crippen molar-refractivity contribution in [3.05, 3.63) is 34.7 Å². The fourth-order valence-electron chi connectivity index (χ4n) is 1.89. The van der Waals surface area contributed by atoms with E-state index in [1.807, 2.05) is 0 Å². The van der Waals surface area contributed by atoms with E-state index in [1.54, 1.807) is 24.3 Å². The number of H-pyrrole nitrogens is 1. The van der Waals surface area contributed by atoms with Gasteiger partial charge in [0.1, 0.15) is 0 Å². The molecule has 22 heavy (non-hydrogen) atoms. The highest BCUT2D eigenvalue weighted by atomic mass is 32.1. The Morgan fingerprint density at radius 1 is 1.32 bits per heavy atom. The van der Waals surface area contributed by atoms with Crippen LogP contribution in [-0.4, -0.2) is 34.6 Å². The van der Waals surface area contributed by atoms with E-state index in [0.29, 0.717) is 17.0 Å². The van der Waals surface area contributed by atoms with Gasteiger partial charge in [-0.1, -0.05) is 0 Å². The normalized spacial score (nSPS) is 13.6. The van der Waals surface area contributed by atoms with Crippen molar-refractivity contribution < 1.29 is 14.0 Å². The maximum atomic E-state index is 11.9. The lowest BCUT2D eigenvalue weighted by Crippen LogP contribution is -2.37. The predicted molar refractivity (Wildman–Crippen MR) is 80.6 cm³/mol. The highest BCUT2D eigenvalue weighted by Crippen LogP contribution is 2.18. The van der Waals surface area contributed by atoms with Gasteiger partial charge < -0.3 is 15.1 Å². The Morgan fingerprint density at radius 3 is 2.64 bits per heavy atom. The molecule has 2 amide bonds. The van der Waals surface area contributed by atoms with Gasteiger partial charge in [-0.2, -0.15) is 0 Å². The molecule has 114 valence electrons. The van der Waals surface area contributed by atoms with Gasteiger partial charge in [-0.25, -0.2) is 5.10 Å². The SMILES string of the molecule is O=C(CNC(=O)c1ccc(-c2n[nH]c(=S)o2)cc1)NC1CC1.